The molecule has 0 spiro atoms. The van der Waals surface area contributed by atoms with E-state index in [9.17, 15) is 13.2 Å². The summed E-state index contributed by atoms with van der Waals surface area (Å²) in [6.45, 7) is 1.74. The minimum Gasteiger partial charge on any atom is -0.351 e. The molecule has 1 amide bonds. The van der Waals surface area contributed by atoms with Crippen LogP contribution in [0.15, 0.2) is 35.7 Å². The Hall–Kier alpha value is -2.23. The molecular formula is C15H19N5O3S. The standard InChI is InChI=1S/C15H19N5O3S/c1-20-9-15(18-10-20)24(22,23)19-8-14(21)17-5-11-2-3-12-6-16-7-13(12)4-11/h2-4,9-10,16,19H,5-8H2,1H3,(H,17,21). The molecule has 1 aliphatic heterocycles. The third kappa shape index (κ3) is 3.81. The zero-order valence-corrected chi connectivity index (χ0v) is 14.1. The van der Waals surface area contributed by atoms with Gasteiger partial charge in [-0.05, 0) is 16.7 Å². The van der Waals surface area contributed by atoms with E-state index in [1.165, 1.54) is 28.2 Å². The number of sulfonamides is 1. The maximum absolute atomic E-state index is 12.0. The zero-order valence-electron chi connectivity index (χ0n) is 13.2. The normalized spacial score (nSPS) is 13.7. The Bertz CT molecular complexity index is 860. The highest BCUT2D eigenvalue weighted by Crippen LogP contribution is 2.16. The fraction of sp³-hybridized carbons (Fsp3) is 0.333. The number of nitrogens with one attached hydrogen (secondary N) is 3. The van der Waals surface area contributed by atoms with Gasteiger partial charge in [-0.1, -0.05) is 18.2 Å². The van der Waals surface area contributed by atoms with E-state index in [2.05, 4.69) is 20.3 Å². The molecule has 0 saturated carbocycles. The molecule has 0 aliphatic carbocycles. The van der Waals surface area contributed by atoms with Gasteiger partial charge >= 0.3 is 0 Å². The fourth-order valence-corrected chi connectivity index (χ4v) is 3.44. The van der Waals surface area contributed by atoms with Crippen molar-refractivity contribution < 1.29 is 13.2 Å². The maximum atomic E-state index is 12.0. The van der Waals surface area contributed by atoms with Crippen LogP contribution in [0.4, 0.5) is 0 Å². The number of fused-ring (bicyclic) bond motifs is 1. The Balaban J connectivity index is 1.51. The van der Waals surface area contributed by atoms with Crippen molar-refractivity contribution in [3.63, 3.8) is 0 Å². The Morgan fingerprint density at radius 3 is 2.88 bits per heavy atom. The Kier molecular flexibility index (Phi) is 4.65. The van der Waals surface area contributed by atoms with Gasteiger partial charge < -0.3 is 15.2 Å². The molecule has 1 aromatic heterocycles. The van der Waals surface area contributed by atoms with Crippen LogP contribution in [-0.2, 0) is 41.5 Å². The molecule has 0 atom stereocenters. The third-order valence-electron chi connectivity index (χ3n) is 3.77. The molecule has 1 aliphatic rings. The number of carbonyl (C=O) groups is 1. The monoisotopic (exact) mass is 349 g/mol. The summed E-state index contributed by atoms with van der Waals surface area (Å²) in [4.78, 5) is 15.6. The van der Waals surface area contributed by atoms with Gasteiger partial charge in [0, 0.05) is 32.9 Å². The number of amides is 1. The SMILES string of the molecule is Cn1cnc(S(=O)(=O)NCC(=O)NCc2ccc3c(c2)CNC3)c1. The second kappa shape index (κ2) is 6.71. The first-order chi connectivity index (χ1) is 11.4. The van der Waals surface area contributed by atoms with Crippen molar-refractivity contribution in [2.24, 2.45) is 7.05 Å². The fourth-order valence-electron chi connectivity index (χ4n) is 2.48. The van der Waals surface area contributed by atoms with Crippen LogP contribution in [0.2, 0.25) is 0 Å². The van der Waals surface area contributed by atoms with Gasteiger partial charge in [0.2, 0.25) is 5.91 Å². The summed E-state index contributed by atoms with van der Waals surface area (Å²) in [5.74, 6) is -0.395. The molecule has 2 heterocycles. The molecule has 24 heavy (non-hydrogen) atoms. The van der Waals surface area contributed by atoms with Crippen molar-refractivity contribution in [3.8, 4) is 0 Å². The Labute approximate surface area is 140 Å². The largest absolute Gasteiger partial charge is 0.351 e. The van der Waals surface area contributed by atoms with Gasteiger partial charge in [-0.15, -0.1) is 0 Å². The average Bonchev–Trinajstić information content (AvgIpc) is 3.19. The van der Waals surface area contributed by atoms with Gasteiger partial charge in [-0.25, -0.2) is 18.1 Å². The van der Waals surface area contributed by atoms with Crippen molar-refractivity contribution in [1.29, 1.82) is 0 Å². The lowest BCUT2D eigenvalue weighted by molar-refractivity contribution is -0.120. The molecule has 8 nitrogen and oxygen atoms in total. The molecule has 0 fully saturated rings. The van der Waals surface area contributed by atoms with Crippen molar-refractivity contribution in [3.05, 3.63) is 47.4 Å². The quantitative estimate of drug-likeness (QED) is 0.659. The number of rotatable bonds is 6. The van der Waals surface area contributed by atoms with Gasteiger partial charge in [-0.3, -0.25) is 4.79 Å². The predicted molar refractivity (Wildman–Crippen MR) is 87.2 cm³/mol. The number of carbonyl (C=O) groups excluding carboxylic acids is 1. The van der Waals surface area contributed by atoms with Crippen LogP contribution >= 0.6 is 0 Å². The maximum Gasteiger partial charge on any atom is 0.260 e. The van der Waals surface area contributed by atoms with E-state index in [0.29, 0.717) is 6.54 Å². The summed E-state index contributed by atoms with van der Waals surface area (Å²) in [7, 11) is -2.11. The summed E-state index contributed by atoms with van der Waals surface area (Å²) in [5, 5.41) is 5.86. The van der Waals surface area contributed by atoms with E-state index in [1.54, 1.807) is 7.05 Å². The lowest BCUT2D eigenvalue weighted by Gasteiger charge is -2.08. The summed E-state index contributed by atoms with van der Waals surface area (Å²) in [5.41, 5.74) is 3.49. The first-order valence-corrected chi connectivity index (χ1v) is 8.98. The highest BCUT2D eigenvalue weighted by Gasteiger charge is 2.18. The van der Waals surface area contributed by atoms with Crippen molar-refractivity contribution in [2.45, 2.75) is 24.7 Å². The van der Waals surface area contributed by atoms with Crippen molar-refractivity contribution >= 4 is 15.9 Å². The van der Waals surface area contributed by atoms with Gasteiger partial charge in [0.25, 0.3) is 10.0 Å². The molecule has 0 unspecified atom stereocenters. The molecule has 0 saturated heterocycles. The van der Waals surface area contributed by atoms with Gasteiger partial charge in [-0.2, -0.15) is 0 Å². The van der Waals surface area contributed by atoms with E-state index < -0.39 is 15.9 Å². The highest BCUT2D eigenvalue weighted by molar-refractivity contribution is 7.89. The second-order valence-corrected chi connectivity index (χ2v) is 7.40. The average molecular weight is 349 g/mol. The summed E-state index contributed by atoms with van der Waals surface area (Å²) in [6, 6.07) is 6.05. The Morgan fingerprint density at radius 1 is 1.33 bits per heavy atom. The van der Waals surface area contributed by atoms with Crippen LogP contribution in [0.3, 0.4) is 0 Å². The smallest absolute Gasteiger partial charge is 0.260 e. The summed E-state index contributed by atoms with van der Waals surface area (Å²) in [6.07, 6.45) is 2.76. The zero-order chi connectivity index (χ0) is 17.2. The van der Waals surface area contributed by atoms with Gasteiger partial charge in [0.1, 0.15) is 0 Å². The van der Waals surface area contributed by atoms with Gasteiger partial charge in [0.15, 0.2) is 5.03 Å². The topological polar surface area (TPSA) is 105 Å². The first kappa shape index (κ1) is 16.6. The highest BCUT2D eigenvalue weighted by atomic mass is 32.2. The van der Waals surface area contributed by atoms with E-state index in [4.69, 9.17) is 0 Å². The molecule has 3 N–H and O–H groups in total. The molecule has 9 heteroatoms. The lowest BCUT2D eigenvalue weighted by Crippen LogP contribution is -2.36. The van der Waals surface area contributed by atoms with E-state index in [1.807, 2.05) is 18.2 Å². The minimum atomic E-state index is -3.78. The molecule has 2 aromatic rings. The molecular weight excluding hydrogens is 330 g/mol. The van der Waals surface area contributed by atoms with E-state index in [0.717, 1.165) is 18.7 Å². The summed E-state index contributed by atoms with van der Waals surface area (Å²) >= 11 is 0. The first-order valence-electron chi connectivity index (χ1n) is 7.50. The van der Waals surface area contributed by atoms with Crippen LogP contribution in [0.1, 0.15) is 16.7 Å². The van der Waals surface area contributed by atoms with Crippen LogP contribution in [0.5, 0.6) is 0 Å². The third-order valence-corrected chi connectivity index (χ3v) is 5.06. The minimum absolute atomic E-state index is 0.107. The van der Waals surface area contributed by atoms with E-state index in [-0.39, 0.29) is 11.6 Å². The van der Waals surface area contributed by atoms with Crippen LogP contribution in [0.25, 0.3) is 0 Å². The molecule has 0 radical (unpaired) electrons. The molecule has 3 rings (SSSR count). The van der Waals surface area contributed by atoms with Crippen LogP contribution < -0.4 is 15.4 Å². The Morgan fingerprint density at radius 2 is 2.12 bits per heavy atom. The van der Waals surface area contributed by atoms with Crippen LogP contribution in [0, 0.1) is 0 Å². The number of aromatic nitrogens is 2. The van der Waals surface area contributed by atoms with Gasteiger partial charge in [0.05, 0.1) is 12.9 Å². The van der Waals surface area contributed by atoms with Crippen molar-refractivity contribution in [2.75, 3.05) is 6.54 Å². The summed E-state index contributed by atoms with van der Waals surface area (Å²) < 4.78 is 27.7. The van der Waals surface area contributed by atoms with E-state index >= 15 is 0 Å². The number of nitrogens with zero attached hydrogens (tertiary/aromatic N) is 2. The number of benzene rings is 1. The number of aryl methyl sites for hydroxylation is 1. The molecule has 1 aromatic carbocycles. The molecule has 128 valence electrons. The lowest BCUT2D eigenvalue weighted by atomic mass is 10.1. The van der Waals surface area contributed by atoms with Crippen LogP contribution in [-0.4, -0.2) is 30.4 Å². The molecule has 0 bridgehead atoms. The predicted octanol–water partition coefficient (Wildman–Crippen LogP) is -0.382. The number of imidazole rings is 1. The van der Waals surface area contributed by atoms with Crippen molar-refractivity contribution in [1.82, 2.24) is 24.9 Å². The second-order valence-electron chi connectivity index (χ2n) is 5.69. The number of hydrogen-bond acceptors (Lipinski definition) is 5. The number of hydrogen-bond donors (Lipinski definition) is 3.